The summed E-state index contributed by atoms with van der Waals surface area (Å²) in [7, 11) is 0. The van der Waals surface area contributed by atoms with Crippen molar-refractivity contribution in [1.82, 2.24) is 0 Å². The van der Waals surface area contributed by atoms with Crippen LogP contribution in [0.3, 0.4) is 0 Å². The van der Waals surface area contributed by atoms with Gasteiger partial charge < -0.3 is 15.2 Å². The molecule has 1 aliphatic heterocycles. The summed E-state index contributed by atoms with van der Waals surface area (Å²) in [5.41, 5.74) is 7.01. The standard InChI is InChI=1S/C15H13Cl2NO2/c16-10-5-3-4-9(14(10)17)15(18)13-8-19-11-6-1-2-7-12(11)20-13/h1-7,13,15H,8,18H2. The summed E-state index contributed by atoms with van der Waals surface area (Å²) >= 11 is 12.2. The molecule has 2 aromatic carbocycles. The molecule has 0 bridgehead atoms. The number of rotatable bonds is 2. The Bertz CT molecular complexity index is 633. The molecular weight excluding hydrogens is 297 g/mol. The second-order valence-corrected chi connectivity index (χ2v) is 5.37. The van der Waals surface area contributed by atoms with E-state index in [0.717, 1.165) is 11.3 Å². The normalized spacial score (nSPS) is 18.6. The number of ether oxygens (including phenoxy) is 2. The molecule has 0 aliphatic carbocycles. The Hall–Kier alpha value is -1.42. The van der Waals surface area contributed by atoms with Crippen LogP contribution >= 0.6 is 23.2 Å². The van der Waals surface area contributed by atoms with E-state index < -0.39 is 6.04 Å². The first kappa shape index (κ1) is 13.6. The van der Waals surface area contributed by atoms with E-state index in [1.807, 2.05) is 36.4 Å². The van der Waals surface area contributed by atoms with E-state index >= 15 is 0 Å². The smallest absolute Gasteiger partial charge is 0.161 e. The fraction of sp³-hybridized carbons (Fsp3) is 0.200. The van der Waals surface area contributed by atoms with Crippen molar-refractivity contribution in [2.75, 3.05) is 6.61 Å². The number of nitrogens with two attached hydrogens (primary N) is 1. The van der Waals surface area contributed by atoms with Gasteiger partial charge in [0.05, 0.1) is 16.1 Å². The van der Waals surface area contributed by atoms with Crippen molar-refractivity contribution in [3.8, 4) is 11.5 Å². The zero-order chi connectivity index (χ0) is 14.1. The Labute approximate surface area is 127 Å². The molecule has 5 heteroatoms. The van der Waals surface area contributed by atoms with Gasteiger partial charge in [-0.15, -0.1) is 0 Å². The van der Waals surface area contributed by atoms with Gasteiger partial charge in [-0.2, -0.15) is 0 Å². The Kier molecular flexibility index (Phi) is 3.74. The van der Waals surface area contributed by atoms with Crippen LogP contribution in [0.25, 0.3) is 0 Å². The summed E-state index contributed by atoms with van der Waals surface area (Å²) in [4.78, 5) is 0. The molecule has 20 heavy (non-hydrogen) atoms. The van der Waals surface area contributed by atoms with Crippen molar-refractivity contribution in [1.29, 1.82) is 0 Å². The first-order chi connectivity index (χ1) is 9.66. The molecule has 0 spiro atoms. The Balaban J connectivity index is 1.86. The lowest BCUT2D eigenvalue weighted by molar-refractivity contribution is 0.0721. The molecular formula is C15H13Cl2NO2. The second kappa shape index (κ2) is 5.52. The number of para-hydroxylation sites is 2. The highest BCUT2D eigenvalue weighted by molar-refractivity contribution is 6.42. The fourth-order valence-corrected chi connectivity index (χ4v) is 2.62. The predicted octanol–water partition coefficient (Wildman–Crippen LogP) is 3.83. The van der Waals surface area contributed by atoms with Crippen molar-refractivity contribution in [3.05, 3.63) is 58.1 Å². The Morgan fingerprint density at radius 1 is 1.05 bits per heavy atom. The molecule has 2 atom stereocenters. The van der Waals surface area contributed by atoms with Crippen LogP contribution in [0.1, 0.15) is 11.6 Å². The van der Waals surface area contributed by atoms with Gasteiger partial charge in [0.25, 0.3) is 0 Å². The summed E-state index contributed by atoms with van der Waals surface area (Å²) in [6.07, 6.45) is -0.305. The van der Waals surface area contributed by atoms with E-state index in [4.69, 9.17) is 38.4 Å². The van der Waals surface area contributed by atoms with Crippen molar-refractivity contribution in [2.24, 2.45) is 5.73 Å². The maximum Gasteiger partial charge on any atom is 0.161 e. The van der Waals surface area contributed by atoms with E-state index in [9.17, 15) is 0 Å². The molecule has 3 nitrogen and oxygen atoms in total. The summed E-state index contributed by atoms with van der Waals surface area (Å²) in [5.74, 6) is 1.42. The minimum Gasteiger partial charge on any atom is -0.486 e. The van der Waals surface area contributed by atoms with E-state index in [0.29, 0.717) is 22.4 Å². The van der Waals surface area contributed by atoms with Crippen molar-refractivity contribution in [2.45, 2.75) is 12.1 Å². The third-order valence-corrected chi connectivity index (χ3v) is 4.11. The van der Waals surface area contributed by atoms with Crippen LogP contribution in [0.15, 0.2) is 42.5 Å². The third kappa shape index (κ3) is 2.44. The largest absolute Gasteiger partial charge is 0.486 e. The number of fused-ring (bicyclic) bond motifs is 1. The number of hydrogen-bond acceptors (Lipinski definition) is 3. The molecule has 0 aromatic heterocycles. The molecule has 104 valence electrons. The van der Waals surface area contributed by atoms with Crippen LogP contribution in [0.5, 0.6) is 11.5 Å². The van der Waals surface area contributed by atoms with Gasteiger partial charge in [-0.1, -0.05) is 47.5 Å². The van der Waals surface area contributed by atoms with Gasteiger partial charge in [0.1, 0.15) is 6.61 Å². The van der Waals surface area contributed by atoms with E-state index in [1.54, 1.807) is 6.07 Å². The van der Waals surface area contributed by atoms with E-state index in [2.05, 4.69) is 0 Å². The van der Waals surface area contributed by atoms with E-state index in [-0.39, 0.29) is 6.10 Å². The summed E-state index contributed by atoms with van der Waals surface area (Å²) in [6, 6.07) is 12.5. The Morgan fingerprint density at radius 3 is 2.60 bits per heavy atom. The van der Waals surface area contributed by atoms with Crippen molar-refractivity contribution < 1.29 is 9.47 Å². The molecule has 0 saturated carbocycles. The average molecular weight is 310 g/mol. The van der Waals surface area contributed by atoms with Gasteiger partial charge in [-0.25, -0.2) is 0 Å². The maximum atomic E-state index is 6.25. The third-order valence-electron chi connectivity index (χ3n) is 3.27. The predicted molar refractivity (Wildman–Crippen MR) is 79.7 cm³/mol. The highest BCUT2D eigenvalue weighted by atomic mass is 35.5. The van der Waals surface area contributed by atoms with Crippen LogP contribution in [-0.4, -0.2) is 12.7 Å². The fourth-order valence-electron chi connectivity index (χ4n) is 2.19. The molecule has 3 rings (SSSR count). The minimum absolute atomic E-state index is 0.305. The summed E-state index contributed by atoms with van der Waals surface area (Å²) in [6.45, 7) is 0.376. The lowest BCUT2D eigenvalue weighted by atomic mass is 10.0. The van der Waals surface area contributed by atoms with Crippen LogP contribution in [0.2, 0.25) is 10.0 Å². The number of hydrogen-bond donors (Lipinski definition) is 1. The van der Waals surface area contributed by atoms with Gasteiger partial charge in [0, 0.05) is 0 Å². The van der Waals surface area contributed by atoms with Gasteiger partial charge in [0.15, 0.2) is 17.6 Å². The zero-order valence-corrected chi connectivity index (χ0v) is 12.1. The summed E-state index contributed by atoms with van der Waals surface area (Å²) in [5, 5.41) is 0.945. The maximum absolute atomic E-state index is 6.25. The molecule has 2 N–H and O–H groups in total. The van der Waals surface area contributed by atoms with Crippen LogP contribution in [0.4, 0.5) is 0 Å². The van der Waals surface area contributed by atoms with Crippen LogP contribution in [0, 0.1) is 0 Å². The summed E-state index contributed by atoms with van der Waals surface area (Å²) < 4.78 is 11.6. The number of benzene rings is 2. The molecule has 2 unspecified atom stereocenters. The highest BCUT2D eigenvalue weighted by Crippen LogP contribution is 2.36. The molecule has 2 aromatic rings. The lowest BCUT2D eigenvalue weighted by Crippen LogP contribution is -2.39. The molecule has 0 radical (unpaired) electrons. The van der Waals surface area contributed by atoms with Crippen LogP contribution in [-0.2, 0) is 0 Å². The van der Waals surface area contributed by atoms with Crippen molar-refractivity contribution >= 4 is 23.2 Å². The van der Waals surface area contributed by atoms with Gasteiger partial charge in [0.2, 0.25) is 0 Å². The first-order valence-corrected chi connectivity index (χ1v) is 7.00. The van der Waals surface area contributed by atoms with Gasteiger partial charge in [-0.05, 0) is 23.8 Å². The highest BCUT2D eigenvalue weighted by Gasteiger charge is 2.29. The topological polar surface area (TPSA) is 44.5 Å². The molecule has 0 amide bonds. The first-order valence-electron chi connectivity index (χ1n) is 6.25. The van der Waals surface area contributed by atoms with Crippen LogP contribution < -0.4 is 15.2 Å². The van der Waals surface area contributed by atoms with Gasteiger partial charge >= 0.3 is 0 Å². The zero-order valence-electron chi connectivity index (χ0n) is 10.6. The lowest BCUT2D eigenvalue weighted by Gasteiger charge is -2.30. The second-order valence-electron chi connectivity index (χ2n) is 4.58. The molecule has 0 fully saturated rings. The Morgan fingerprint density at radius 2 is 1.80 bits per heavy atom. The van der Waals surface area contributed by atoms with Gasteiger partial charge in [-0.3, -0.25) is 0 Å². The SMILES string of the molecule is NC(c1cccc(Cl)c1Cl)C1COc2ccccc2O1. The monoisotopic (exact) mass is 309 g/mol. The molecule has 1 aliphatic rings. The quantitative estimate of drug-likeness (QED) is 0.917. The molecule has 0 saturated heterocycles. The van der Waals surface area contributed by atoms with Crippen molar-refractivity contribution in [3.63, 3.8) is 0 Å². The van der Waals surface area contributed by atoms with E-state index in [1.165, 1.54) is 0 Å². The minimum atomic E-state index is -0.408. The number of halogens is 2. The average Bonchev–Trinajstić information content (AvgIpc) is 2.49. The molecule has 1 heterocycles.